The summed E-state index contributed by atoms with van der Waals surface area (Å²) in [7, 11) is 0. The number of nitrogens with one attached hydrogen (secondary N) is 2. The van der Waals surface area contributed by atoms with E-state index in [0.717, 1.165) is 47.2 Å². The molecule has 0 saturated carbocycles. The largest absolute Gasteiger partial charge is 0.376 e. The summed E-state index contributed by atoms with van der Waals surface area (Å²) in [6, 6.07) is 13.7. The maximum Gasteiger partial charge on any atom is 0.283 e. The Morgan fingerprint density at radius 1 is 1.24 bits per heavy atom. The normalized spacial score (nSPS) is 16.0. The van der Waals surface area contributed by atoms with Gasteiger partial charge in [-0.15, -0.1) is 0 Å². The van der Waals surface area contributed by atoms with Crippen LogP contribution in [0.25, 0.3) is 27.6 Å². The Hall–Kier alpha value is -3.10. The van der Waals surface area contributed by atoms with Crippen LogP contribution in [0.3, 0.4) is 0 Å². The van der Waals surface area contributed by atoms with Crippen molar-refractivity contribution in [1.82, 2.24) is 19.9 Å². The predicted molar refractivity (Wildman–Crippen MR) is 131 cm³/mol. The Kier molecular flexibility index (Phi) is 5.95. The number of H-pyrrole nitrogens is 1. The highest BCUT2D eigenvalue weighted by Gasteiger charge is 2.20. The Labute approximate surface area is 195 Å². The predicted octanol–water partition coefficient (Wildman–Crippen LogP) is 3.87. The van der Waals surface area contributed by atoms with Crippen LogP contribution in [-0.2, 0) is 9.53 Å². The maximum atomic E-state index is 13.6. The molecular weight excluding hydrogens is 436 g/mol. The van der Waals surface area contributed by atoms with Crippen LogP contribution >= 0.6 is 11.8 Å². The number of rotatable bonds is 6. The minimum atomic E-state index is -0.177. The number of para-hydroxylation sites is 1. The lowest BCUT2D eigenvalue weighted by Gasteiger charge is -2.14. The molecule has 0 bridgehead atoms. The Balaban J connectivity index is 1.53. The van der Waals surface area contributed by atoms with Gasteiger partial charge in [-0.25, -0.2) is 4.98 Å². The summed E-state index contributed by atoms with van der Waals surface area (Å²) in [4.78, 5) is 34.3. The van der Waals surface area contributed by atoms with Crippen molar-refractivity contribution in [1.29, 1.82) is 0 Å². The summed E-state index contributed by atoms with van der Waals surface area (Å²) in [5, 5.41) is 4.33. The molecule has 0 spiro atoms. The number of aryl methyl sites for hydroxylation is 2. The average molecular weight is 463 g/mol. The third-order valence-corrected chi connectivity index (χ3v) is 6.78. The molecule has 2 aromatic carbocycles. The summed E-state index contributed by atoms with van der Waals surface area (Å²) in [5.74, 6) is 0.0633. The molecule has 1 atom stereocenters. The number of aromatic nitrogens is 3. The van der Waals surface area contributed by atoms with E-state index in [2.05, 4.69) is 16.4 Å². The van der Waals surface area contributed by atoms with Crippen LogP contribution in [0.1, 0.15) is 24.0 Å². The number of aromatic amines is 1. The van der Waals surface area contributed by atoms with Gasteiger partial charge in [-0.1, -0.05) is 36.0 Å². The quantitative estimate of drug-likeness (QED) is 0.335. The first-order valence-electron chi connectivity index (χ1n) is 11.1. The molecule has 0 radical (unpaired) electrons. The number of hydrogen-bond acceptors (Lipinski definition) is 5. The zero-order chi connectivity index (χ0) is 22.9. The number of benzene rings is 2. The average Bonchev–Trinajstić information content (AvgIpc) is 3.44. The van der Waals surface area contributed by atoms with Gasteiger partial charge in [-0.05, 0) is 56.0 Å². The molecule has 1 saturated heterocycles. The van der Waals surface area contributed by atoms with Gasteiger partial charge in [0.1, 0.15) is 11.0 Å². The molecule has 1 aliphatic heterocycles. The lowest BCUT2D eigenvalue weighted by Crippen LogP contribution is -2.33. The van der Waals surface area contributed by atoms with E-state index >= 15 is 0 Å². The van der Waals surface area contributed by atoms with Crippen molar-refractivity contribution in [3.8, 4) is 5.69 Å². The molecule has 0 unspecified atom stereocenters. The van der Waals surface area contributed by atoms with Gasteiger partial charge in [0, 0.05) is 24.1 Å². The van der Waals surface area contributed by atoms with Gasteiger partial charge in [0.15, 0.2) is 5.16 Å². The summed E-state index contributed by atoms with van der Waals surface area (Å²) in [6.45, 7) is 5.27. The number of carbonyl (C=O) groups is 1. The molecule has 2 aromatic heterocycles. The smallest absolute Gasteiger partial charge is 0.283 e. The number of fused-ring (bicyclic) bond motifs is 3. The zero-order valence-electron chi connectivity index (χ0n) is 18.7. The van der Waals surface area contributed by atoms with E-state index in [9.17, 15) is 9.59 Å². The molecule has 3 heterocycles. The van der Waals surface area contributed by atoms with Gasteiger partial charge in [0.05, 0.1) is 17.5 Å². The van der Waals surface area contributed by atoms with Crippen LogP contribution < -0.4 is 10.9 Å². The second-order valence-electron chi connectivity index (χ2n) is 8.50. The van der Waals surface area contributed by atoms with Crippen molar-refractivity contribution in [3.05, 3.63) is 63.9 Å². The number of carbonyl (C=O) groups excluding carboxylic acids is 1. The highest BCUT2D eigenvalue weighted by Crippen LogP contribution is 2.27. The summed E-state index contributed by atoms with van der Waals surface area (Å²) in [5.41, 5.74) is 4.62. The van der Waals surface area contributed by atoms with Crippen LogP contribution in [0, 0.1) is 13.8 Å². The van der Waals surface area contributed by atoms with Crippen LogP contribution in [-0.4, -0.2) is 45.5 Å². The molecule has 2 N–H and O–H groups in total. The third kappa shape index (κ3) is 4.41. The van der Waals surface area contributed by atoms with E-state index < -0.39 is 0 Å². The van der Waals surface area contributed by atoms with Crippen LogP contribution in [0.4, 0.5) is 0 Å². The van der Waals surface area contributed by atoms with Crippen molar-refractivity contribution in [2.45, 2.75) is 37.9 Å². The molecule has 1 fully saturated rings. The lowest BCUT2D eigenvalue weighted by molar-refractivity contribution is -0.119. The molecule has 7 nitrogen and oxygen atoms in total. The highest BCUT2D eigenvalue weighted by atomic mass is 32.2. The summed E-state index contributed by atoms with van der Waals surface area (Å²) in [6.07, 6.45) is 2.10. The van der Waals surface area contributed by atoms with Crippen molar-refractivity contribution < 1.29 is 9.53 Å². The first-order valence-corrected chi connectivity index (χ1v) is 12.1. The molecule has 1 aliphatic rings. The molecule has 5 rings (SSSR count). The van der Waals surface area contributed by atoms with Gasteiger partial charge in [-0.2, -0.15) is 0 Å². The number of nitrogens with zero attached hydrogens (tertiary/aromatic N) is 2. The molecule has 4 aromatic rings. The maximum absolute atomic E-state index is 13.6. The number of hydrogen-bond donors (Lipinski definition) is 2. The van der Waals surface area contributed by atoms with Gasteiger partial charge < -0.3 is 15.0 Å². The van der Waals surface area contributed by atoms with E-state index in [0.29, 0.717) is 22.7 Å². The van der Waals surface area contributed by atoms with Gasteiger partial charge in [0.2, 0.25) is 5.91 Å². The summed E-state index contributed by atoms with van der Waals surface area (Å²) < 4.78 is 7.19. The van der Waals surface area contributed by atoms with Crippen LogP contribution in [0.15, 0.2) is 52.4 Å². The van der Waals surface area contributed by atoms with Crippen molar-refractivity contribution in [3.63, 3.8) is 0 Å². The van der Waals surface area contributed by atoms with Gasteiger partial charge in [-0.3, -0.25) is 14.2 Å². The fraction of sp³-hybridized carbons (Fsp3) is 0.320. The molecule has 33 heavy (non-hydrogen) atoms. The number of thioether (sulfide) groups is 1. The monoisotopic (exact) mass is 462 g/mol. The molecule has 170 valence electrons. The van der Waals surface area contributed by atoms with E-state index in [-0.39, 0.29) is 23.3 Å². The van der Waals surface area contributed by atoms with Crippen LogP contribution in [0.2, 0.25) is 0 Å². The first-order chi connectivity index (χ1) is 16.0. The minimum Gasteiger partial charge on any atom is -0.376 e. The topological polar surface area (TPSA) is 89.0 Å². The SMILES string of the molecule is Cc1cc(C)cc(-n2c(SCC(=O)NC[C@@H]3CCCO3)nc3c([nH]c4ccccc43)c2=O)c1. The zero-order valence-corrected chi connectivity index (χ0v) is 19.5. The lowest BCUT2D eigenvalue weighted by atomic mass is 10.1. The molecule has 0 aliphatic carbocycles. The van der Waals surface area contributed by atoms with E-state index in [1.165, 1.54) is 11.8 Å². The number of amides is 1. The fourth-order valence-corrected chi connectivity index (χ4v) is 5.20. The van der Waals surface area contributed by atoms with Gasteiger partial charge >= 0.3 is 0 Å². The fourth-order valence-electron chi connectivity index (χ4n) is 4.36. The first kappa shape index (κ1) is 21.7. The van der Waals surface area contributed by atoms with Crippen molar-refractivity contribution in [2.75, 3.05) is 18.9 Å². The van der Waals surface area contributed by atoms with Crippen molar-refractivity contribution >= 4 is 39.6 Å². The van der Waals surface area contributed by atoms with Crippen LogP contribution in [0.5, 0.6) is 0 Å². The third-order valence-electron chi connectivity index (χ3n) is 5.84. The van der Waals surface area contributed by atoms with E-state index in [1.807, 2.05) is 50.2 Å². The molecule has 8 heteroatoms. The van der Waals surface area contributed by atoms with Crippen molar-refractivity contribution in [2.24, 2.45) is 0 Å². The molecular formula is C25H26N4O3S. The number of ether oxygens (including phenoxy) is 1. The highest BCUT2D eigenvalue weighted by molar-refractivity contribution is 7.99. The van der Waals surface area contributed by atoms with Gasteiger partial charge in [0.25, 0.3) is 5.56 Å². The Morgan fingerprint density at radius 2 is 2.03 bits per heavy atom. The second kappa shape index (κ2) is 9.03. The summed E-state index contributed by atoms with van der Waals surface area (Å²) >= 11 is 1.27. The Bertz CT molecular complexity index is 1380. The standard InChI is InChI=1S/C25H26N4O3S/c1-15-10-16(2)12-17(11-15)29-24(31)23-22(19-7-3-4-8-20(19)27-23)28-25(29)33-14-21(30)26-13-18-6-5-9-32-18/h3-4,7-8,10-12,18,27H,5-6,9,13-14H2,1-2H3,(H,26,30)/t18-/m0/s1. The minimum absolute atomic E-state index is 0.0908. The Morgan fingerprint density at radius 3 is 2.79 bits per heavy atom. The molecule has 1 amide bonds. The second-order valence-corrected chi connectivity index (χ2v) is 9.45. The van der Waals surface area contributed by atoms with E-state index in [1.54, 1.807) is 4.57 Å². The van der Waals surface area contributed by atoms with E-state index in [4.69, 9.17) is 9.72 Å².